The second-order valence-electron chi connectivity index (χ2n) is 16.4. The van der Waals surface area contributed by atoms with E-state index in [1.165, 1.54) is 42.6 Å². The smallest absolute Gasteiger partial charge is 0.167 e. The van der Waals surface area contributed by atoms with Crippen LogP contribution >= 0.6 is 11.3 Å². The van der Waals surface area contributed by atoms with E-state index >= 15 is 0 Å². The number of hydrogen-bond acceptors (Lipinski definition) is 11. The summed E-state index contributed by atoms with van der Waals surface area (Å²) in [7, 11) is 0. The number of ether oxygens (including phenoxy) is 2. The summed E-state index contributed by atoms with van der Waals surface area (Å²) in [6.45, 7) is 7.92. The first-order valence-corrected chi connectivity index (χ1v) is 24.3. The molecule has 0 bridgehead atoms. The van der Waals surface area contributed by atoms with Crippen LogP contribution in [0.1, 0.15) is 89.0 Å². The molecule has 0 spiro atoms. The second kappa shape index (κ2) is 25.9. The maximum Gasteiger partial charge on any atom is 0.167 e. The number of furan rings is 1. The van der Waals surface area contributed by atoms with E-state index in [0.717, 1.165) is 117 Å². The van der Waals surface area contributed by atoms with Gasteiger partial charge in [0.05, 0.1) is 13.2 Å². The van der Waals surface area contributed by atoms with Gasteiger partial charge in [-0.1, -0.05) is 159 Å². The van der Waals surface area contributed by atoms with Crippen molar-refractivity contribution in [3.05, 3.63) is 186 Å². The summed E-state index contributed by atoms with van der Waals surface area (Å²) in [4.78, 5) is 32.1. The maximum absolute atomic E-state index is 10.7. The van der Waals surface area contributed by atoms with Gasteiger partial charge < -0.3 is 18.4 Å². The van der Waals surface area contributed by atoms with Crippen LogP contribution in [0.2, 0.25) is 0 Å². The van der Waals surface area contributed by atoms with E-state index in [1.807, 2.05) is 115 Å². The van der Waals surface area contributed by atoms with Crippen LogP contribution in [-0.4, -0.2) is 47.4 Å². The number of hydrogen-bond donors (Lipinski definition) is 0. The second-order valence-corrected chi connectivity index (χ2v) is 17.4. The topological polar surface area (TPSA) is 135 Å². The summed E-state index contributed by atoms with van der Waals surface area (Å²) in [5.41, 5.74) is 9.81. The largest absolute Gasteiger partial charge is 0.494 e. The average Bonchev–Trinajstić information content (AvgIpc) is 4.24. The zero-order valence-electron chi connectivity index (χ0n) is 39.6. The Labute approximate surface area is 413 Å². The number of aldehydes is 3. The van der Waals surface area contributed by atoms with E-state index in [9.17, 15) is 14.4 Å². The third-order valence-corrected chi connectivity index (χ3v) is 12.1. The summed E-state index contributed by atoms with van der Waals surface area (Å²) < 4.78 is 22.8. The molecule has 0 N–H and O–H groups in total. The Morgan fingerprint density at radius 1 is 0.457 bits per heavy atom. The van der Waals surface area contributed by atoms with Crippen molar-refractivity contribution in [3.63, 3.8) is 0 Å². The van der Waals surface area contributed by atoms with Gasteiger partial charge in [-0.15, -0.1) is 10.2 Å². The summed E-state index contributed by atoms with van der Waals surface area (Å²) in [6.07, 6.45) is 9.42. The minimum Gasteiger partial charge on any atom is -0.494 e. The van der Waals surface area contributed by atoms with Crippen molar-refractivity contribution < 1.29 is 32.8 Å². The lowest BCUT2D eigenvalue weighted by Crippen LogP contribution is -1.96. The number of unbranched alkanes of at least 4 members (excludes halogenated alkanes) is 4. The van der Waals surface area contributed by atoms with Crippen LogP contribution in [0.25, 0.3) is 66.4 Å². The molecule has 354 valence electrons. The first kappa shape index (κ1) is 49.9. The zero-order chi connectivity index (χ0) is 48.9. The molecule has 9 aromatic rings. The lowest BCUT2D eigenvalue weighted by atomic mass is 10.1. The van der Waals surface area contributed by atoms with Crippen LogP contribution in [0.5, 0.6) is 11.5 Å². The van der Waals surface area contributed by atoms with Gasteiger partial charge in [-0.3, -0.25) is 14.4 Å². The molecule has 0 aliphatic rings. The summed E-state index contributed by atoms with van der Waals surface area (Å²) in [5.74, 6) is 4.10. The Bertz CT molecular complexity index is 2850. The van der Waals surface area contributed by atoms with E-state index in [0.29, 0.717) is 22.5 Å². The van der Waals surface area contributed by atoms with Crippen molar-refractivity contribution in [2.24, 2.45) is 0 Å². The van der Waals surface area contributed by atoms with Gasteiger partial charge in [0.1, 0.15) is 57.6 Å². The average molecular weight is 950 g/mol. The first-order valence-electron chi connectivity index (χ1n) is 23.5. The van der Waals surface area contributed by atoms with Crippen LogP contribution in [0.3, 0.4) is 0 Å². The van der Waals surface area contributed by atoms with E-state index in [1.54, 1.807) is 36.4 Å². The fraction of sp³-hybridized carbons (Fsp3) is 0.186. The van der Waals surface area contributed by atoms with Crippen molar-refractivity contribution in [2.45, 2.75) is 59.3 Å². The predicted molar refractivity (Wildman–Crippen MR) is 279 cm³/mol. The molecule has 9 rings (SSSR count). The summed E-state index contributed by atoms with van der Waals surface area (Å²) >= 11 is 1.53. The van der Waals surface area contributed by atoms with Gasteiger partial charge in [0.2, 0.25) is 0 Å². The van der Waals surface area contributed by atoms with Crippen molar-refractivity contribution in [1.29, 1.82) is 0 Å². The van der Waals surface area contributed by atoms with E-state index in [2.05, 4.69) is 48.3 Å². The Morgan fingerprint density at radius 2 is 0.843 bits per heavy atom. The molecule has 3 heterocycles. The van der Waals surface area contributed by atoms with E-state index in [-0.39, 0.29) is 0 Å². The van der Waals surface area contributed by atoms with Gasteiger partial charge >= 0.3 is 0 Å². The normalized spacial score (nSPS) is 10.6. The molecule has 6 aromatic carbocycles. The highest BCUT2D eigenvalue weighted by atomic mass is 32.1. The van der Waals surface area contributed by atoms with Crippen molar-refractivity contribution in [2.75, 3.05) is 13.2 Å². The molecule has 10 nitrogen and oxygen atoms in total. The molecule has 11 heteroatoms. The highest BCUT2D eigenvalue weighted by molar-refractivity contribution is 7.17. The van der Waals surface area contributed by atoms with Gasteiger partial charge in [-0.05, 0) is 80.4 Å². The molecule has 0 fully saturated rings. The Hall–Kier alpha value is -8.02. The lowest BCUT2D eigenvalue weighted by molar-refractivity contribution is 0.111. The number of rotatable bonds is 19. The molecular weight excluding hydrogens is 895 g/mol. The monoisotopic (exact) mass is 949 g/mol. The number of aromatic nitrogens is 3. The molecular formula is C59H55N3O7S. The summed E-state index contributed by atoms with van der Waals surface area (Å²) in [5, 5.41) is 14.4. The minimum atomic E-state index is 0.641. The number of nitrogens with zero attached hydrogens (tertiary/aromatic N) is 3. The van der Waals surface area contributed by atoms with Crippen LogP contribution in [-0.2, 0) is 0 Å². The van der Waals surface area contributed by atoms with Gasteiger partial charge in [0.25, 0.3) is 0 Å². The molecule has 0 unspecified atom stereocenters. The van der Waals surface area contributed by atoms with Crippen LogP contribution in [0.4, 0.5) is 0 Å². The van der Waals surface area contributed by atoms with Crippen LogP contribution in [0, 0.1) is 6.92 Å². The predicted octanol–water partition coefficient (Wildman–Crippen LogP) is 15.4. The molecule has 70 heavy (non-hydrogen) atoms. The molecule has 0 aliphatic carbocycles. The molecule has 3 aromatic heterocycles. The molecule has 0 saturated heterocycles. The summed E-state index contributed by atoms with van der Waals surface area (Å²) in [6, 6.07) is 51.8. The molecule has 0 saturated carbocycles. The van der Waals surface area contributed by atoms with Crippen LogP contribution < -0.4 is 9.47 Å². The number of carbonyl (C=O) groups is 3. The highest BCUT2D eigenvalue weighted by Crippen LogP contribution is 2.32. The Balaban J connectivity index is 0.000000156. The zero-order valence-corrected chi connectivity index (χ0v) is 40.4. The number of carbonyl (C=O) groups excluding carboxylic acids is 3. The van der Waals surface area contributed by atoms with E-state index < -0.39 is 0 Å². The SMILES string of the molecule is CCCCCOc1ccc(-c2cc(-c3ccc(C=O)cc3)no2)cc1.CCCCCOc1ccc(-c2nnc(-c3ccc(C=O)cc3)s2)cc1.Cc1ccc(-c2ccc(-c3ccc(C=O)cc3)o2)cc1. The van der Waals surface area contributed by atoms with Crippen molar-refractivity contribution >= 4 is 30.2 Å². The quantitative estimate of drug-likeness (QED) is 0.0569. The van der Waals surface area contributed by atoms with Crippen molar-refractivity contribution in [3.8, 4) is 77.9 Å². The minimum absolute atomic E-state index is 0.641. The fourth-order valence-electron chi connectivity index (χ4n) is 7.03. The van der Waals surface area contributed by atoms with Gasteiger partial charge in [-0.25, -0.2) is 0 Å². The molecule has 0 amide bonds. The van der Waals surface area contributed by atoms with Gasteiger partial charge in [-0.2, -0.15) is 0 Å². The maximum atomic E-state index is 10.7. The first-order chi connectivity index (χ1) is 34.4. The molecule has 0 atom stereocenters. The third-order valence-electron chi connectivity index (χ3n) is 11.1. The fourth-order valence-corrected chi connectivity index (χ4v) is 7.88. The number of aryl methyl sites for hydroxylation is 1. The highest BCUT2D eigenvalue weighted by Gasteiger charge is 2.12. The Morgan fingerprint density at radius 3 is 1.29 bits per heavy atom. The lowest BCUT2D eigenvalue weighted by Gasteiger charge is -2.05. The molecule has 0 aliphatic heterocycles. The Kier molecular flexibility index (Phi) is 18.5. The van der Waals surface area contributed by atoms with Gasteiger partial charge in [0, 0.05) is 56.1 Å². The number of benzene rings is 6. The van der Waals surface area contributed by atoms with Gasteiger partial charge in [0.15, 0.2) is 5.76 Å². The molecule has 0 radical (unpaired) electrons. The van der Waals surface area contributed by atoms with E-state index in [4.69, 9.17) is 18.4 Å². The standard InChI is InChI=1S/C21H21NO3.C20H20N2O2S.C18H14O2/c1-2-3-4-13-24-19-11-9-18(10-12-19)21-14-20(22-25-21)17-7-5-16(15-23)6-8-17;1-2-3-4-13-24-18-11-9-17(10-12-18)20-22-21-19(25-20)16-7-5-15(14-23)6-8-16;1-13-2-6-15(7-3-13)17-10-11-18(20-17)16-8-4-14(12-19)5-9-16/h5-12,14-15H,2-4,13H2,1H3;5-12,14H,2-4,13H2,1H3;2-12H,1H3. The van der Waals surface area contributed by atoms with Crippen molar-refractivity contribution in [1.82, 2.24) is 15.4 Å². The third kappa shape index (κ3) is 14.3. The van der Waals surface area contributed by atoms with Crippen LogP contribution in [0.15, 0.2) is 173 Å².